The van der Waals surface area contributed by atoms with E-state index in [1.807, 2.05) is 105 Å². The van der Waals surface area contributed by atoms with Gasteiger partial charge in [-0.3, -0.25) is 9.59 Å². The molecule has 0 spiro atoms. The quantitative estimate of drug-likeness (QED) is 0.387. The van der Waals surface area contributed by atoms with Gasteiger partial charge in [-0.05, 0) is 40.6 Å². The summed E-state index contributed by atoms with van der Waals surface area (Å²) >= 11 is 0. The van der Waals surface area contributed by atoms with Crippen LogP contribution in [0.5, 0.6) is 0 Å². The maximum Gasteiger partial charge on any atom is 0.308 e. The van der Waals surface area contributed by atoms with Gasteiger partial charge >= 0.3 is 5.97 Å². The van der Waals surface area contributed by atoms with Crippen molar-refractivity contribution in [2.75, 3.05) is 43.3 Å². The lowest BCUT2D eigenvalue weighted by atomic mass is 10.1. The molecule has 4 aromatic rings. The molecule has 2 N–H and O–H groups in total. The highest BCUT2D eigenvalue weighted by Crippen LogP contribution is 2.27. The van der Waals surface area contributed by atoms with Gasteiger partial charge in [0, 0.05) is 51.4 Å². The number of hydrogen-bond donors (Lipinski definition) is 2. The molecule has 0 radical (unpaired) electrons. The first-order chi connectivity index (χ1) is 17.2. The SMILES string of the molecule is CN(C)c1nc(Cc2ccc(NC(=O)c3ccc4ccccc4c3)cc2)nc(N(C)C)c1CC(=O)O. The lowest BCUT2D eigenvalue weighted by Crippen LogP contribution is -2.22. The van der Waals surface area contributed by atoms with Crippen molar-refractivity contribution in [2.45, 2.75) is 12.8 Å². The summed E-state index contributed by atoms with van der Waals surface area (Å²) in [4.78, 5) is 37.1. The lowest BCUT2D eigenvalue weighted by Gasteiger charge is -2.22. The molecule has 8 heteroatoms. The second-order valence-electron chi connectivity index (χ2n) is 9.01. The monoisotopic (exact) mass is 483 g/mol. The number of hydrogen-bond acceptors (Lipinski definition) is 6. The van der Waals surface area contributed by atoms with Crippen LogP contribution in [0.1, 0.15) is 27.3 Å². The van der Waals surface area contributed by atoms with Gasteiger partial charge in [0.05, 0.1) is 6.42 Å². The second-order valence-corrected chi connectivity index (χ2v) is 9.01. The summed E-state index contributed by atoms with van der Waals surface area (Å²) in [6.07, 6.45) is 0.306. The molecule has 0 fully saturated rings. The van der Waals surface area contributed by atoms with Crippen LogP contribution < -0.4 is 15.1 Å². The molecule has 3 aromatic carbocycles. The minimum absolute atomic E-state index is 0.160. The van der Waals surface area contributed by atoms with E-state index in [0.717, 1.165) is 16.3 Å². The van der Waals surface area contributed by atoms with Crippen molar-refractivity contribution < 1.29 is 14.7 Å². The minimum atomic E-state index is -0.932. The van der Waals surface area contributed by atoms with Gasteiger partial charge in [0.1, 0.15) is 17.5 Å². The fourth-order valence-corrected chi connectivity index (χ4v) is 4.06. The number of carboxylic acid groups (broad SMARTS) is 1. The van der Waals surface area contributed by atoms with E-state index in [1.54, 1.807) is 0 Å². The molecule has 0 aliphatic rings. The smallest absolute Gasteiger partial charge is 0.308 e. The molecule has 0 bridgehead atoms. The normalized spacial score (nSPS) is 10.8. The van der Waals surface area contributed by atoms with Gasteiger partial charge in [-0.25, -0.2) is 9.97 Å². The molecule has 0 unspecified atom stereocenters. The number of rotatable bonds is 8. The Balaban J connectivity index is 1.52. The first kappa shape index (κ1) is 24.7. The van der Waals surface area contributed by atoms with Gasteiger partial charge in [-0.2, -0.15) is 0 Å². The van der Waals surface area contributed by atoms with E-state index in [1.165, 1.54) is 0 Å². The molecule has 0 saturated carbocycles. The molecule has 4 rings (SSSR count). The number of aromatic nitrogens is 2. The number of amides is 1. The van der Waals surface area contributed by atoms with Gasteiger partial charge in [0.15, 0.2) is 0 Å². The molecular formula is C28H29N5O3. The van der Waals surface area contributed by atoms with Crippen LogP contribution in [0, 0.1) is 0 Å². The number of carbonyl (C=O) groups is 2. The summed E-state index contributed by atoms with van der Waals surface area (Å²) < 4.78 is 0. The molecule has 0 aliphatic heterocycles. The predicted octanol–water partition coefficient (Wildman–Crippen LogP) is 4.23. The summed E-state index contributed by atoms with van der Waals surface area (Å²) in [7, 11) is 7.35. The van der Waals surface area contributed by atoms with Crippen molar-refractivity contribution in [1.82, 2.24) is 9.97 Å². The Labute approximate surface area is 210 Å². The average molecular weight is 484 g/mol. The van der Waals surface area contributed by atoms with Crippen molar-refractivity contribution in [2.24, 2.45) is 0 Å². The maximum absolute atomic E-state index is 12.8. The Bertz CT molecular complexity index is 1390. The molecule has 0 atom stereocenters. The van der Waals surface area contributed by atoms with Crippen LogP contribution in [0.25, 0.3) is 10.8 Å². The molecule has 0 aliphatic carbocycles. The first-order valence-corrected chi connectivity index (χ1v) is 11.6. The number of aliphatic carboxylic acids is 1. The molecule has 184 valence electrons. The van der Waals surface area contributed by atoms with E-state index >= 15 is 0 Å². The number of nitrogens with zero attached hydrogens (tertiary/aromatic N) is 4. The zero-order chi connectivity index (χ0) is 25.8. The number of fused-ring (bicyclic) bond motifs is 1. The number of carbonyl (C=O) groups excluding carboxylic acids is 1. The number of benzene rings is 3. The zero-order valence-electron chi connectivity index (χ0n) is 20.8. The third kappa shape index (κ3) is 5.60. The largest absolute Gasteiger partial charge is 0.481 e. The van der Waals surface area contributed by atoms with Crippen LogP contribution >= 0.6 is 0 Å². The number of nitrogens with one attached hydrogen (secondary N) is 1. The van der Waals surface area contributed by atoms with Crippen LogP contribution in [0.4, 0.5) is 17.3 Å². The molecule has 36 heavy (non-hydrogen) atoms. The molecule has 0 saturated heterocycles. The van der Waals surface area contributed by atoms with Crippen molar-refractivity contribution >= 4 is 40.0 Å². The third-order valence-electron chi connectivity index (χ3n) is 5.77. The predicted molar refractivity (Wildman–Crippen MR) is 143 cm³/mol. The van der Waals surface area contributed by atoms with E-state index in [4.69, 9.17) is 0 Å². The van der Waals surface area contributed by atoms with Crippen molar-refractivity contribution in [3.05, 3.63) is 89.2 Å². The molecule has 1 aromatic heterocycles. The minimum Gasteiger partial charge on any atom is -0.481 e. The Morgan fingerprint density at radius 1 is 0.833 bits per heavy atom. The van der Waals surface area contributed by atoms with Crippen molar-refractivity contribution in [1.29, 1.82) is 0 Å². The fraction of sp³-hybridized carbons (Fsp3) is 0.214. The van der Waals surface area contributed by atoms with E-state index in [2.05, 4.69) is 15.3 Å². The summed E-state index contributed by atoms with van der Waals surface area (Å²) in [6, 6.07) is 21.1. The first-order valence-electron chi connectivity index (χ1n) is 11.6. The van der Waals surface area contributed by atoms with Gasteiger partial charge in [-0.15, -0.1) is 0 Å². The zero-order valence-corrected chi connectivity index (χ0v) is 20.8. The van der Waals surface area contributed by atoms with Crippen LogP contribution in [0.2, 0.25) is 0 Å². The maximum atomic E-state index is 12.8. The topological polar surface area (TPSA) is 98.7 Å². The van der Waals surface area contributed by atoms with Crippen LogP contribution in [0.15, 0.2) is 66.7 Å². The van der Waals surface area contributed by atoms with Gasteiger partial charge in [-0.1, -0.05) is 42.5 Å². The van der Waals surface area contributed by atoms with Crippen molar-refractivity contribution in [3.8, 4) is 0 Å². The van der Waals surface area contributed by atoms with Gasteiger partial charge < -0.3 is 20.2 Å². The Kier molecular flexibility index (Phi) is 7.15. The van der Waals surface area contributed by atoms with Crippen LogP contribution in [-0.2, 0) is 17.6 Å². The average Bonchev–Trinajstić information content (AvgIpc) is 2.85. The summed E-state index contributed by atoms with van der Waals surface area (Å²) in [6.45, 7) is 0. The second kappa shape index (κ2) is 10.4. The number of carboxylic acids is 1. The number of anilines is 3. The van der Waals surface area contributed by atoms with E-state index in [-0.39, 0.29) is 12.3 Å². The highest BCUT2D eigenvalue weighted by molar-refractivity contribution is 6.06. The third-order valence-corrected chi connectivity index (χ3v) is 5.77. The summed E-state index contributed by atoms with van der Waals surface area (Å²) in [5.41, 5.74) is 2.84. The molecule has 1 heterocycles. The molecular weight excluding hydrogens is 454 g/mol. The highest BCUT2D eigenvalue weighted by Gasteiger charge is 2.20. The van der Waals surface area contributed by atoms with Crippen LogP contribution in [-0.4, -0.2) is 55.1 Å². The standard InChI is InChI=1S/C28H29N5O3/c1-32(2)26-23(17-25(34)35)27(33(3)4)31-24(30-26)15-18-9-13-22(14-10-18)29-28(36)21-12-11-19-7-5-6-8-20(19)16-21/h5-14,16H,15,17H2,1-4H3,(H,29,36)(H,34,35). The molecule has 1 amide bonds. The lowest BCUT2D eigenvalue weighted by molar-refractivity contribution is -0.136. The molecule has 8 nitrogen and oxygen atoms in total. The van der Waals surface area contributed by atoms with E-state index in [0.29, 0.717) is 40.7 Å². The van der Waals surface area contributed by atoms with Gasteiger partial charge in [0.2, 0.25) is 0 Å². The summed E-state index contributed by atoms with van der Waals surface area (Å²) in [5.74, 6) is 0.663. The Hall–Kier alpha value is -4.46. The Morgan fingerprint density at radius 2 is 1.44 bits per heavy atom. The van der Waals surface area contributed by atoms with E-state index in [9.17, 15) is 14.7 Å². The summed E-state index contributed by atoms with van der Waals surface area (Å²) in [5, 5.41) is 14.4. The van der Waals surface area contributed by atoms with Crippen LogP contribution in [0.3, 0.4) is 0 Å². The van der Waals surface area contributed by atoms with Gasteiger partial charge in [0.25, 0.3) is 5.91 Å². The fourth-order valence-electron chi connectivity index (χ4n) is 4.06. The van der Waals surface area contributed by atoms with Crippen molar-refractivity contribution in [3.63, 3.8) is 0 Å². The Morgan fingerprint density at radius 3 is 2.03 bits per heavy atom. The highest BCUT2D eigenvalue weighted by atomic mass is 16.4. The van der Waals surface area contributed by atoms with E-state index < -0.39 is 5.97 Å².